The molecular formula is C7H4Cl3NO2. The highest BCUT2D eigenvalue weighted by Crippen LogP contribution is 2.39. The van der Waals surface area contributed by atoms with Crippen LogP contribution in [0.1, 0.15) is 5.56 Å². The summed E-state index contributed by atoms with van der Waals surface area (Å²) in [5, 5.41) is 10.5. The Bertz CT molecular complexity index is 378. The maximum atomic E-state index is 10.5. The van der Waals surface area contributed by atoms with Gasteiger partial charge in [0.25, 0.3) is 0 Å². The first kappa shape index (κ1) is 10.6. The van der Waals surface area contributed by atoms with Gasteiger partial charge in [-0.05, 0) is 18.6 Å². The minimum atomic E-state index is -0.657. The van der Waals surface area contributed by atoms with Crippen LogP contribution in [0.15, 0.2) is 6.07 Å². The van der Waals surface area contributed by atoms with Crippen molar-refractivity contribution in [3.63, 3.8) is 0 Å². The second-order valence-electron chi connectivity index (χ2n) is 2.41. The van der Waals surface area contributed by atoms with Gasteiger partial charge in [-0.25, -0.2) is 0 Å². The Labute approximate surface area is 89.4 Å². The van der Waals surface area contributed by atoms with E-state index in [2.05, 4.69) is 0 Å². The third-order valence-electron chi connectivity index (χ3n) is 1.50. The lowest BCUT2D eigenvalue weighted by Crippen LogP contribution is -1.92. The number of halogens is 3. The smallest absolute Gasteiger partial charge is 0.258 e. The van der Waals surface area contributed by atoms with Crippen LogP contribution in [-0.2, 0) is 0 Å². The largest absolute Gasteiger partial charge is 0.307 e. The van der Waals surface area contributed by atoms with Gasteiger partial charge >= 0.3 is 5.69 Å². The maximum Gasteiger partial charge on any atom is 0.307 e. The lowest BCUT2D eigenvalue weighted by molar-refractivity contribution is -0.384. The standard InChI is InChI=1S/C7H4Cl3NO2/c1-3-2-4(8)7(11(12)13)6(10)5(3)9/h2H,1H3. The zero-order valence-electron chi connectivity index (χ0n) is 6.47. The lowest BCUT2D eigenvalue weighted by atomic mass is 10.2. The summed E-state index contributed by atoms with van der Waals surface area (Å²) >= 11 is 17.0. The highest BCUT2D eigenvalue weighted by atomic mass is 35.5. The molecule has 1 aromatic carbocycles. The Morgan fingerprint density at radius 3 is 2.31 bits per heavy atom. The van der Waals surface area contributed by atoms with E-state index in [0.717, 1.165) is 0 Å². The quantitative estimate of drug-likeness (QED) is 0.425. The van der Waals surface area contributed by atoms with E-state index < -0.39 is 4.92 Å². The van der Waals surface area contributed by atoms with Crippen LogP contribution in [0, 0.1) is 17.0 Å². The average Bonchev–Trinajstić information content (AvgIpc) is 1.99. The molecule has 0 N–H and O–H groups in total. The van der Waals surface area contributed by atoms with Gasteiger partial charge in [-0.2, -0.15) is 0 Å². The number of aryl methyl sites for hydroxylation is 1. The molecule has 0 amide bonds. The van der Waals surface area contributed by atoms with Crippen molar-refractivity contribution < 1.29 is 4.92 Å². The molecule has 0 bridgehead atoms. The fourth-order valence-corrected chi connectivity index (χ4v) is 1.71. The topological polar surface area (TPSA) is 43.1 Å². The molecule has 0 spiro atoms. The van der Waals surface area contributed by atoms with E-state index in [-0.39, 0.29) is 20.8 Å². The lowest BCUT2D eigenvalue weighted by Gasteiger charge is -2.02. The minimum absolute atomic E-state index is 0.00287. The molecule has 0 aliphatic carbocycles. The minimum Gasteiger partial charge on any atom is -0.258 e. The SMILES string of the molecule is Cc1cc(Cl)c([N+](=O)[O-])c(Cl)c1Cl. The average molecular weight is 240 g/mol. The molecule has 3 nitrogen and oxygen atoms in total. The Morgan fingerprint density at radius 1 is 1.31 bits per heavy atom. The molecule has 1 aromatic rings. The van der Waals surface area contributed by atoms with Gasteiger partial charge in [-0.3, -0.25) is 10.1 Å². The summed E-state index contributed by atoms with van der Waals surface area (Å²) in [4.78, 5) is 9.83. The van der Waals surface area contributed by atoms with Crippen LogP contribution in [0.25, 0.3) is 0 Å². The van der Waals surface area contributed by atoms with Gasteiger partial charge in [0.05, 0.1) is 9.95 Å². The molecule has 0 aromatic heterocycles. The zero-order chi connectivity index (χ0) is 10.2. The summed E-state index contributed by atoms with van der Waals surface area (Å²) in [6.07, 6.45) is 0. The number of nitrogens with zero attached hydrogens (tertiary/aromatic N) is 1. The molecule has 13 heavy (non-hydrogen) atoms. The summed E-state index contributed by atoms with van der Waals surface area (Å²) in [6.45, 7) is 1.67. The third-order valence-corrected chi connectivity index (χ3v) is 2.74. The summed E-state index contributed by atoms with van der Waals surface area (Å²) < 4.78 is 0. The van der Waals surface area contributed by atoms with Gasteiger partial charge in [0.1, 0.15) is 10.0 Å². The second kappa shape index (κ2) is 3.70. The van der Waals surface area contributed by atoms with Gasteiger partial charge in [0.15, 0.2) is 0 Å². The molecule has 0 atom stereocenters. The van der Waals surface area contributed by atoms with Crippen molar-refractivity contribution in [3.8, 4) is 0 Å². The molecular weight excluding hydrogens is 236 g/mol. The van der Waals surface area contributed by atoms with Crippen LogP contribution in [0.5, 0.6) is 0 Å². The molecule has 0 saturated carbocycles. The molecule has 0 radical (unpaired) electrons. The molecule has 1 rings (SSSR count). The predicted octanol–water partition coefficient (Wildman–Crippen LogP) is 3.86. The van der Waals surface area contributed by atoms with E-state index in [1.807, 2.05) is 0 Å². The van der Waals surface area contributed by atoms with Crippen molar-refractivity contribution in [2.75, 3.05) is 0 Å². The van der Waals surface area contributed by atoms with Crippen LogP contribution in [0.4, 0.5) is 5.69 Å². The number of hydrogen-bond donors (Lipinski definition) is 0. The number of rotatable bonds is 1. The van der Waals surface area contributed by atoms with Gasteiger partial charge in [0.2, 0.25) is 0 Å². The molecule has 0 fully saturated rings. The van der Waals surface area contributed by atoms with E-state index in [1.54, 1.807) is 6.92 Å². The monoisotopic (exact) mass is 239 g/mol. The van der Waals surface area contributed by atoms with Crippen LogP contribution in [0.3, 0.4) is 0 Å². The van der Waals surface area contributed by atoms with Gasteiger partial charge in [0, 0.05) is 0 Å². The molecule has 6 heteroatoms. The summed E-state index contributed by atoms with van der Waals surface area (Å²) in [5.74, 6) is 0. The number of nitro groups is 1. The fourth-order valence-electron chi connectivity index (χ4n) is 0.871. The molecule has 0 unspecified atom stereocenters. The zero-order valence-corrected chi connectivity index (χ0v) is 8.74. The normalized spacial score (nSPS) is 10.2. The Morgan fingerprint density at radius 2 is 1.85 bits per heavy atom. The van der Waals surface area contributed by atoms with Crippen LogP contribution < -0.4 is 0 Å². The van der Waals surface area contributed by atoms with Crippen molar-refractivity contribution in [3.05, 3.63) is 36.8 Å². The highest BCUT2D eigenvalue weighted by molar-refractivity contribution is 6.45. The van der Waals surface area contributed by atoms with Crippen LogP contribution >= 0.6 is 34.8 Å². The molecule has 70 valence electrons. The first-order valence-corrected chi connectivity index (χ1v) is 4.37. The highest BCUT2D eigenvalue weighted by Gasteiger charge is 2.21. The van der Waals surface area contributed by atoms with E-state index in [9.17, 15) is 10.1 Å². The maximum absolute atomic E-state index is 10.5. The molecule has 0 saturated heterocycles. The van der Waals surface area contributed by atoms with Crippen molar-refractivity contribution in [2.24, 2.45) is 0 Å². The fraction of sp³-hybridized carbons (Fsp3) is 0.143. The van der Waals surface area contributed by atoms with Gasteiger partial charge in [-0.15, -0.1) is 0 Å². The van der Waals surface area contributed by atoms with Gasteiger partial charge in [-0.1, -0.05) is 34.8 Å². The van der Waals surface area contributed by atoms with Crippen LogP contribution in [0.2, 0.25) is 15.1 Å². The number of benzene rings is 1. The van der Waals surface area contributed by atoms with Gasteiger partial charge < -0.3 is 0 Å². The van der Waals surface area contributed by atoms with Crippen molar-refractivity contribution in [2.45, 2.75) is 6.92 Å². The van der Waals surface area contributed by atoms with Crippen molar-refractivity contribution in [1.29, 1.82) is 0 Å². The molecule has 0 aliphatic rings. The van der Waals surface area contributed by atoms with Crippen LogP contribution in [-0.4, -0.2) is 4.92 Å². The summed E-state index contributed by atoms with van der Waals surface area (Å²) in [5.41, 5.74) is 0.265. The van der Waals surface area contributed by atoms with Crippen molar-refractivity contribution in [1.82, 2.24) is 0 Å². The first-order chi connectivity index (χ1) is 5.95. The molecule has 0 aliphatic heterocycles. The Balaban J connectivity index is 3.53. The summed E-state index contributed by atoms with van der Waals surface area (Å²) in [6, 6.07) is 1.41. The number of hydrogen-bond acceptors (Lipinski definition) is 2. The predicted molar refractivity (Wildman–Crippen MR) is 52.9 cm³/mol. The van der Waals surface area contributed by atoms with E-state index in [0.29, 0.717) is 5.56 Å². The van der Waals surface area contributed by atoms with E-state index >= 15 is 0 Å². The Kier molecular flexibility index (Phi) is 3.01. The van der Waals surface area contributed by atoms with E-state index in [4.69, 9.17) is 34.8 Å². The first-order valence-electron chi connectivity index (χ1n) is 3.23. The summed E-state index contributed by atoms with van der Waals surface area (Å²) in [7, 11) is 0. The second-order valence-corrected chi connectivity index (χ2v) is 3.57. The molecule has 0 heterocycles. The van der Waals surface area contributed by atoms with E-state index in [1.165, 1.54) is 6.07 Å². The third kappa shape index (κ3) is 1.88. The number of nitro benzene ring substituents is 1. The Hall–Kier alpha value is -0.510. The van der Waals surface area contributed by atoms with Crippen molar-refractivity contribution >= 4 is 40.5 Å².